The van der Waals surface area contributed by atoms with Crippen molar-refractivity contribution in [2.45, 2.75) is 45.4 Å². The van der Waals surface area contributed by atoms with Gasteiger partial charge in [0.2, 0.25) is 0 Å². The lowest BCUT2D eigenvalue weighted by molar-refractivity contribution is 0.590. The number of fused-ring (bicyclic) bond motifs is 1. The normalized spacial score (nSPS) is 20.4. The molecule has 3 rings (SSSR count). The third-order valence-electron chi connectivity index (χ3n) is 4.01. The van der Waals surface area contributed by atoms with Crippen molar-refractivity contribution in [1.29, 1.82) is 0 Å². The lowest BCUT2D eigenvalue weighted by Crippen LogP contribution is -2.14. The van der Waals surface area contributed by atoms with Crippen molar-refractivity contribution in [2.75, 3.05) is 0 Å². The summed E-state index contributed by atoms with van der Waals surface area (Å²) >= 11 is 0. The van der Waals surface area contributed by atoms with Crippen molar-refractivity contribution in [2.24, 2.45) is 11.0 Å². The molecule has 0 saturated heterocycles. The molecule has 1 saturated carbocycles. The standard InChI is InChI=1S/C15H19N2/c1-11-7-6-10-13-14(11)15(17-16-13)12-8-4-2-3-5-9-12/h6-7,10,12H,2-5,8-9H2,1H3. The van der Waals surface area contributed by atoms with Crippen LogP contribution in [-0.2, 0) is 0 Å². The van der Waals surface area contributed by atoms with Gasteiger partial charge in [-0.15, -0.1) is 0 Å². The second-order valence-electron chi connectivity index (χ2n) is 5.24. The summed E-state index contributed by atoms with van der Waals surface area (Å²) in [7, 11) is 0. The third kappa shape index (κ3) is 1.97. The smallest absolute Gasteiger partial charge is 0.0950 e. The van der Waals surface area contributed by atoms with Gasteiger partial charge in [0.15, 0.2) is 0 Å². The highest BCUT2D eigenvalue weighted by Crippen LogP contribution is 2.34. The zero-order valence-electron chi connectivity index (χ0n) is 10.4. The van der Waals surface area contributed by atoms with Crippen LogP contribution in [-0.4, -0.2) is 5.71 Å². The van der Waals surface area contributed by atoms with Crippen LogP contribution >= 0.6 is 0 Å². The van der Waals surface area contributed by atoms with E-state index in [1.807, 2.05) is 0 Å². The molecule has 1 radical (unpaired) electrons. The van der Waals surface area contributed by atoms with Gasteiger partial charge in [-0.2, -0.15) is 10.5 Å². The zero-order chi connectivity index (χ0) is 11.7. The van der Waals surface area contributed by atoms with Crippen molar-refractivity contribution in [3.8, 4) is 0 Å². The molecule has 2 nitrogen and oxygen atoms in total. The molecule has 1 heterocycles. The van der Waals surface area contributed by atoms with Gasteiger partial charge in [-0.25, -0.2) is 0 Å². The van der Waals surface area contributed by atoms with Gasteiger partial charge in [-0.3, -0.25) is 0 Å². The minimum atomic E-state index is 0.642. The molecule has 0 spiro atoms. The van der Waals surface area contributed by atoms with Gasteiger partial charge >= 0.3 is 0 Å². The van der Waals surface area contributed by atoms with E-state index in [-0.39, 0.29) is 0 Å². The van der Waals surface area contributed by atoms with E-state index in [0.29, 0.717) is 5.92 Å². The predicted molar refractivity (Wildman–Crippen MR) is 70.7 cm³/mol. The predicted octanol–water partition coefficient (Wildman–Crippen LogP) is 3.92. The maximum atomic E-state index is 4.47. The first kappa shape index (κ1) is 10.8. The molecule has 0 amide bonds. The van der Waals surface area contributed by atoms with Crippen LogP contribution < -0.4 is 5.43 Å². The summed E-state index contributed by atoms with van der Waals surface area (Å²) in [5.41, 5.74) is 9.32. The molecule has 89 valence electrons. The molecule has 0 bridgehead atoms. The topological polar surface area (TPSA) is 26.5 Å². The van der Waals surface area contributed by atoms with E-state index < -0.39 is 0 Å². The first-order valence-electron chi connectivity index (χ1n) is 6.75. The minimum Gasteiger partial charge on any atom is -0.154 e. The molecule has 1 aromatic carbocycles. The van der Waals surface area contributed by atoms with Gasteiger partial charge in [0, 0.05) is 11.5 Å². The van der Waals surface area contributed by atoms with Crippen LogP contribution in [0.15, 0.2) is 23.3 Å². The Hall–Kier alpha value is -1.31. The lowest BCUT2D eigenvalue weighted by Gasteiger charge is -2.15. The maximum absolute atomic E-state index is 4.47. The average Bonchev–Trinajstić information content (AvgIpc) is 2.59. The molecule has 0 atom stereocenters. The van der Waals surface area contributed by atoms with E-state index in [4.69, 9.17) is 0 Å². The van der Waals surface area contributed by atoms with Gasteiger partial charge in [0.25, 0.3) is 0 Å². The summed E-state index contributed by atoms with van der Waals surface area (Å²) in [6.07, 6.45) is 8.07. The fourth-order valence-corrected chi connectivity index (χ4v) is 3.07. The molecule has 0 unspecified atom stereocenters. The van der Waals surface area contributed by atoms with Gasteiger partial charge in [0.1, 0.15) is 0 Å². The van der Waals surface area contributed by atoms with Crippen molar-refractivity contribution < 1.29 is 0 Å². The highest BCUT2D eigenvalue weighted by atomic mass is 15.3. The Balaban J connectivity index is 1.91. The molecular formula is C15H19N2. The van der Waals surface area contributed by atoms with Gasteiger partial charge in [0.05, 0.1) is 11.4 Å². The number of rotatable bonds is 1. The molecular weight excluding hydrogens is 208 g/mol. The summed E-state index contributed by atoms with van der Waals surface area (Å²) < 4.78 is 0. The van der Waals surface area contributed by atoms with E-state index in [9.17, 15) is 0 Å². The Morgan fingerprint density at radius 2 is 1.82 bits per heavy atom. The third-order valence-corrected chi connectivity index (χ3v) is 4.01. The molecule has 2 heteroatoms. The SMILES string of the molecule is Cc1cccc2c1C(C1CCCCCC1)=N[N]2. The summed E-state index contributed by atoms with van der Waals surface area (Å²) in [5, 5.41) is 4.47. The van der Waals surface area contributed by atoms with Gasteiger partial charge in [-0.1, -0.05) is 37.8 Å². The Bertz CT molecular complexity index is 440. The first-order chi connectivity index (χ1) is 8.36. The summed E-state index contributed by atoms with van der Waals surface area (Å²) in [4.78, 5) is 0. The molecule has 17 heavy (non-hydrogen) atoms. The van der Waals surface area contributed by atoms with Crippen LogP contribution in [0.5, 0.6) is 0 Å². The number of hydrogen-bond donors (Lipinski definition) is 0. The van der Waals surface area contributed by atoms with E-state index in [0.717, 1.165) is 5.69 Å². The van der Waals surface area contributed by atoms with Crippen molar-refractivity contribution in [1.82, 2.24) is 5.43 Å². The Labute approximate surface area is 103 Å². The molecule has 0 N–H and O–H groups in total. The Morgan fingerprint density at radius 1 is 1.06 bits per heavy atom. The zero-order valence-corrected chi connectivity index (χ0v) is 10.4. The van der Waals surface area contributed by atoms with Crippen molar-refractivity contribution in [3.05, 3.63) is 29.3 Å². The van der Waals surface area contributed by atoms with Gasteiger partial charge in [-0.05, 0) is 31.4 Å². The molecule has 2 aliphatic rings. The monoisotopic (exact) mass is 227 g/mol. The second-order valence-corrected chi connectivity index (χ2v) is 5.24. The first-order valence-corrected chi connectivity index (χ1v) is 6.75. The molecule has 1 aliphatic heterocycles. The van der Waals surface area contributed by atoms with Crippen LogP contribution in [0.1, 0.15) is 49.7 Å². The molecule has 0 aromatic heterocycles. The van der Waals surface area contributed by atoms with E-state index in [1.54, 1.807) is 0 Å². The summed E-state index contributed by atoms with van der Waals surface area (Å²) in [6.45, 7) is 2.17. The molecule has 1 fully saturated rings. The average molecular weight is 227 g/mol. The number of nitrogens with zero attached hydrogens (tertiary/aromatic N) is 2. The van der Waals surface area contributed by atoms with Crippen molar-refractivity contribution in [3.63, 3.8) is 0 Å². The number of hydrogen-bond acceptors (Lipinski definition) is 1. The van der Waals surface area contributed by atoms with Gasteiger partial charge < -0.3 is 0 Å². The van der Waals surface area contributed by atoms with Crippen LogP contribution in [0.3, 0.4) is 0 Å². The Morgan fingerprint density at radius 3 is 2.59 bits per heavy atom. The fourth-order valence-electron chi connectivity index (χ4n) is 3.07. The number of benzene rings is 1. The maximum Gasteiger partial charge on any atom is 0.0950 e. The summed E-state index contributed by atoms with van der Waals surface area (Å²) in [5.74, 6) is 0.642. The van der Waals surface area contributed by atoms with Crippen LogP contribution in [0.25, 0.3) is 0 Å². The fraction of sp³-hybridized carbons (Fsp3) is 0.533. The Kier molecular flexibility index (Phi) is 2.87. The lowest BCUT2D eigenvalue weighted by atomic mass is 9.88. The molecule has 1 aromatic rings. The van der Waals surface area contributed by atoms with Crippen LogP contribution in [0.4, 0.5) is 5.69 Å². The quantitative estimate of drug-likeness (QED) is 0.650. The van der Waals surface area contributed by atoms with E-state index in [1.165, 1.54) is 55.4 Å². The summed E-state index contributed by atoms with van der Waals surface area (Å²) in [6, 6.07) is 6.32. The minimum absolute atomic E-state index is 0.642. The number of aryl methyl sites for hydroxylation is 1. The van der Waals surface area contributed by atoms with Crippen molar-refractivity contribution >= 4 is 11.4 Å². The van der Waals surface area contributed by atoms with Crippen LogP contribution in [0, 0.1) is 12.8 Å². The van der Waals surface area contributed by atoms with E-state index in [2.05, 4.69) is 35.7 Å². The second kappa shape index (κ2) is 4.52. The molecule has 1 aliphatic carbocycles. The highest BCUT2D eigenvalue weighted by Gasteiger charge is 2.27. The highest BCUT2D eigenvalue weighted by molar-refractivity contribution is 6.09. The largest absolute Gasteiger partial charge is 0.154 e. The van der Waals surface area contributed by atoms with E-state index >= 15 is 0 Å². The van der Waals surface area contributed by atoms with Crippen LogP contribution in [0.2, 0.25) is 0 Å².